The molecular formula is C26H29ClN6O. The Hall–Kier alpha value is -3.16. The van der Waals surface area contributed by atoms with Gasteiger partial charge in [0.05, 0.1) is 35.9 Å². The molecule has 0 unspecified atom stereocenters. The van der Waals surface area contributed by atoms with Crippen LogP contribution in [0.3, 0.4) is 0 Å². The highest BCUT2D eigenvalue weighted by Crippen LogP contribution is 2.35. The highest BCUT2D eigenvalue weighted by atomic mass is 35.5. The highest BCUT2D eigenvalue weighted by Gasteiger charge is 2.33. The second kappa shape index (κ2) is 9.24. The molecule has 176 valence electrons. The monoisotopic (exact) mass is 476 g/mol. The van der Waals surface area contributed by atoms with Crippen molar-refractivity contribution in [3.8, 4) is 0 Å². The van der Waals surface area contributed by atoms with Crippen LogP contribution in [0, 0.1) is 13.8 Å². The van der Waals surface area contributed by atoms with E-state index in [1.165, 1.54) is 11.1 Å². The third-order valence-corrected chi connectivity index (χ3v) is 7.13. The van der Waals surface area contributed by atoms with Crippen LogP contribution < -0.4 is 10.2 Å². The minimum atomic E-state index is -0.0471. The summed E-state index contributed by atoms with van der Waals surface area (Å²) in [4.78, 5) is 28.8. The Labute approximate surface area is 205 Å². The molecule has 2 aliphatic rings. The lowest BCUT2D eigenvalue weighted by molar-refractivity contribution is 0.0767. The molecule has 34 heavy (non-hydrogen) atoms. The molecule has 2 aromatic heterocycles. The number of carbonyl (C=O) groups is 1. The molecule has 0 bridgehead atoms. The standard InChI is InChI=1S/C26H29ClN6O/c1-17-4-5-19(12-18(17)2)15-33-16-21-24(26(33)34)22(14-29-25(21)27)30-23-7-6-20(13-28-23)32-10-8-31(3)9-11-32/h4-7,12-14H,8-11,15-16H2,1-3H3,(H,28,30). The maximum absolute atomic E-state index is 13.4. The van der Waals surface area contributed by atoms with Crippen LogP contribution in [0.25, 0.3) is 0 Å². The summed E-state index contributed by atoms with van der Waals surface area (Å²) in [6.07, 6.45) is 3.50. The van der Waals surface area contributed by atoms with Crippen LogP contribution >= 0.6 is 11.6 Å². The molecule has 2 aliphatic heterocycles. The number of hydrogen-bond donors (Lipinski definition) is 1. The summed E-state index contributed by atoms with van der Waals surface area (Å²) in [7, 11) is 2.14. The van der Waals surface area contributed by atoms with Gasteiger partial charge in [-0.2, -0.15) is 0 Å². The van der Waals surface area contributed by atoms with Gasteiger partial charge < -0.3 is 20.0 Å². The summed E-state index contributed by atoms with van der Waals surface area (Å²) >= 11 is 6.40. The van der Waals surface area contributed by atoms with Crippen LogP contribution in [0.2, 0.25) is 5.15 Å². The maximum atomic E-state index is 13.4. The second-order valence-corrected chi connectivity index (χ2v) is 9.57. The first kappa shape index (κ1) is 22.6. The SMILES string of the molecule is Cc1ccc(CN2Cc3c(Cl)ncc(Nc4ccc(N5CCN(C)CC5)cn4)c3C2=O)cc1C. The number of benzene rings is 1. The summed E-state index contributed by atoms with van der Waals surface area (Å²) in [6, 6.07) is 10.3. The van der Waals surface area contributed by atoms with E-state index in [0.29, 0.717) is 35.3 Å². The molecule has 1 saturated heterocycles. The van der Waals surface area contributed by atoms with Crippen molar-refractivity contribution in [1.29, 1.82) is 0 Å². The fraction of sp³-hybridized carbons (Fsp3) is 0.346. The molecule has 5 rings (SSSR count). The highest BCUT2D eigenvalue weighted by molar-refractivity contribution is 6.31. The maximum Gasteiger partial charge on any atom is 0.257 e. The number of likely N-dealkylation sites (N-methyl/N-ethyl adjacent to an activating group) is 1. The van der Waals surface area contributed by atoms with Crippen molar-refractivity contribution >= 4 is 34.7 Å². The van der Waals surface area contributed by atoms with Gasteiger partial charge in [-0.1, -0.05) is 29.8 Å². The molecule has 1 fully saturated rings. The number of amides is 1. The number of nitrogens with one attached hydrogen (secondary N) is 1. The van der Waals surface area contributed by atoms with Gasteiger partial charge in [-0.05, 0) is 49.7 Å². The number of aryl methyl sites for hydroxylation is 2. The fourth-order valence-corrected chi connectivity index (χ4v) is 4.74. The molecule has 8 heteroatoms. The van der Waals surface area contributed by atoms with Crippen LogP contribution in [0.4, 0.5) is 17.2 Å². The molecule has 1 amide bonds. The van der Waals surface area contributed by atoms with Crippen molar-refractivity contribution < 1.29 is 4.79 Å². The molecule has 4 heterocycles. The summed E-state index contributed by atoms with van der Waals surface area (Å²) in [5, 5.41) is 3.66. The first-order valence-electron chi connectivity index (χ1n) is 11.6. The van der Waals surface area contributed by atoms with Crippen molar-refractivity contribution in [2.75, 3.05) is 43.4 Å². The summed E-state index contributed by atoms with van der Waals surface area (Å²) < 4.78 is 0. The number of piperazine rings is 1. The lowest BCUT2D eigenvalue weighted by Gasteiger charge is -2.33. The Morgan fingerprint density at radius 3 is 2.50 bits per heavy atom. The van der Waals surface area contributed by atoms with Gasteiger partial charge in [0, 0.05) is 38.3 Å². The summed E-state index contributed by atoms with van der Waals surface area (Å²) in [5.74, 6) is 0.624. The Morgan fingerprint density at radius 1 is 1.00 bits per heavy atom. The molecule has 0 saturated carbocycles. The van der Waals surface area contributed by atoms with Gasteiger partial charge in [-0.15, -0.1) is 0 Å². The number of fused-ring (bicyclic) bond motifs is 1. The molecule has 0 aliphatic carbocycles. The number of rotatable bonds is 5. The van der Waals surface area contributed by atoms with E-state index in [1.54, 1.807) is 6.20 Å². The average Bonchev–Trinajstić information content (AvgIpc) is 3.16. The number of halogens is 1. The van der Waals surface area contributed by atoms with E-state index in [1.807, 2.05) is 17.2 Å². The number of nitrogens with zero attached hydrogens (tertiary/aromatic N) is 5. The van der Waals surface area contributed by atoms with Crippen LogP contribution in [0.15, 0.2) is 42.7 Å². The van der Waals surface area contributed by atoms with Gasteiger partial charge in [0.15, 0.2) is 0 Å². The third kappa shape index (κ3) is 4.45. The quantitative estimate of drug-likeness (QED) is 0.551. The van der Waals surface area contributed by atoms with E-state index in [4.69, 9.17) is 11.6 Å². The minimum absolute atomic E-state index is 0.0471. The number of anilines is 3. The van der Waals surface area contributed by atoms with E-state index in [0.717, 1.165) is 43.0 Å². The summed E-state index contributed by atoms with van der Waals surface area (Å²) in [5.41, 5.74) is 6.63. The Morgan fingerprint density at radius 2 is 1.79 bits per heavy atom. The van der Waals surface area contributed by atoms with E-state index in [2.05, 4.69) is 70.2 Å². The molecular weight excluding hydrogens is 448 g/mol. The molecule has 3 aromatic rings. The van der Waals surface area contributed by atoms with Gasteiger partial charge >= 0.3 is 0 Å². The molecule has 0 spiro atoms. The molecule has 7 nitrogen and oxygen atoms in total. The van der Waals surface area contributed by atoms with E-state index < -0.39 is 0 Å². The zero-order chi connectivity index (χ0) is 23.8. The van der Waals surface area contributed by atoms with Gasteiger partial charge in [-0.25, -0.2) is 9.97 Å². The van der Waals surface area contributed by atoms with Gasteiger partial charge in [0.25, 0.3) is 5.91 Å². The predicted molar refractivity (Wildman–Crippen MR) is 136 cm³/mol. The van der Waals surface area contributed by atoms with Crippen molar-refractivity contribution in [1.82, 2.24) is 19.8 Å². The van der Waals surface area contributed by atoms with Gasteiger partial charge in [-0.3, -0.25) is 4.79 Å². The van der Waals surface area contributed by atoms with E-state index in [-0.39, 0.29) is 5.91 Å². The zero-order valence-electron chi connectivity index (χ0n) is 19.8. The number of aromatic nitrogens is 2. The largest absolute Gasteiger partial charge is 0.368 e. The van der Waals surface area contributed by atoms with Crippen LogP contribution in [0.5, 0.6) is 0 Å². The fourth-order valence-electron chi connectivity index (χ4n) is 4.53. The lowest BCUT2D eigenvalue weighted by atomic mass is 10.1. The predicted octanol–water partition coefficient (Wildman–Crippen LogP) is 4.40. The molecule has 0 atom stereocenters. The Balaban J connectivity index is 1.34. The molecule has 0 radical (unpaired) electrons. The van der Waals surface area contributed by atoms with Crippen molar-refractivity contribution in [2.24, 2.45) is 0 Å². The smallest absolute Gasteiger partial charge is 0.257 e. The normalized spacial score (nSPS) is 16.2. The zero-order valence-corrected chi connectivity index (χ0v) is 20.6. The first-order chi connectivity index (χ1) is 16.4. The Kier molecular flexibility index (Phi) is 6.15. The van der Waals surface area contributed by atoms with Crippen LogP contribution in [-0.4, -0.2) is 58.9 Å². The number of carbonyl (C=O) groups excluding carboxylic acids is 1. The summed E-state index contributed by atoms with van der Waals surface area (Å²) in [6.45, 7) is 9.22. The van der Waals surface area contributed by atoms with Crippen molar-refractivity contribution in [3.63, 3.8) is 0 Å². The average molecular weight is 477 g/mol. The van der Waals surface area contributed by atoms with E-state index in [9.17, 15) is 4.79 Å². The first-order valence-corrected chi connectivity index (χ1v) is 12.0. The minimum Gasteiger partial charge on any atom is -0.368 e. The van der Waals surface area contributed by atoms with Crippen molar-refractivity contribution in [3.05, 3.63) is 75.7 Å². The second-order valence-electron chi connectivity index (χ2n) is 9.21. The topological polar surface area (TPSA) is 64.6 Å². The number of hydrogen-bond acceptors (Lipinski definition) is 6. The third-order valence-electron chi connectivity index (χ3n) is 6.80. The van der Waals surface area contributed by atoms with Gasteiger partial charge in [0.2, 0.25) is 0 Å². The van der Waals surface area contributed by atoms with Crippen LogP contribution in [0.1, 0.15) is 32.6 Å². The molecule has 1 aromatic carbocycles. The van der Waals surface area contributed by atoms with Gasteiger partial charge in [0.1, 0.15) is 11.0 Å². The number of pyridine rings is 2. The lowest BCUT2D eigenvalue weighted by Crippen LogP contribution is -2.44. The van der Waals surface area contributed by atoms with E-state index >= 15 is 0 Å². The molecule has 1 N–H and O–H groups in total. The van der Waals surface area contributed by atoms with Crippen molar-refractivity contribution in [2.45, 2.75) is 26.9 Å². The Bertz CT molecular complexity index is 1220. The van der Waals surface area contributed by atoms with Crippen LogP contribution in [-0.2, 0) is 13.1 Å².